The maximum absolute atomic E-state index is 2.51. The van der Waals surface area contributed by atoms with Gasteiger partial charge in [-0.1, -0.05) is 63.0 Å². The van der Waals surface area contributed by atoms with E-state index in [0.29, 0.717) is 0 Å². The lowest BCUT2D eigenvalue weighted by atomic mass is 9.76. The third-order valence-electron chi connectivity index (χ3n) is 4.92. The van der Waals surface area contributed by atoms with Crippen LogP contribution < -0.4 is 0 Å². The lowest BCUT2D eigenvalue weighted by molar-refractivity contribution is 0.243. The average Bonchev–Trinajstić information content (AvgIpc) is 2.23. The first kappa shape index (κ1) is 13.2. The highest BCUT2D eigenvalue weighted by molar-refractivity contribution is 5.01. The molecule has 98 valence electrons. The van der Waals surface area contributed by atoms with Crippen molar-refractivity contribution in [2.45, 2.75) is 84.0 Å². The molecule has 0 heterocycles. The van der Waals surface area contributed by atoms with Crippen molar-refractivity contribution in [2.24, 2.45) is 11.8 Å². The normalized spacial score (nSPS) is 29.7. The summed E-state index contributed by atoms with van der Waals surface area (Å²) in [6, 6.07) is 0. The van der Waals surface area contributed by atoms with Gasteiger partial charge in [-0.15, -0.1) is 0 Å². The molecule has 0 radical (unpaired) electrons. The summed E-state index contributed by atoms with van der Waals surface area (Å²) in [4.78, 5) is 0. The van der Waals surface area contributed by atoms with Gasteiger partial charge < -0.3 is 0 Å². The highest BCUT2D eigenvalue weighted by Gasteiger charge is 2.22. The quantitative estimate of drug-likeness (QED) is 0.497. The summed E-state index contributed by atoms with van der Waals surface area (Å²) >= 11 is 0. The molecule has 0 N–H and O–H groups in total. The third kappa shape index (κ3) is 4.48. The maximum Gasteiger partial charge on any atom is -0.0292 e. The van der Waals surface area contributed by atoms with Gasteiger partial charge >= 0.3 is 0 Å². The summed E-state index contributed by atoms with van der Waals surface area (Å²) in [5.74, 6) is 2.07. The Kier molecular flexibility index (Phi) is 5.61. The summed E-state index contributed by atoms with van der Waals surface area (Å²) in [5, 5.41) is 0. The Labute approximate surface area is 108 Å². The van der Waals surface area contributed by atoms with Crippen LogP contribution in [-0.2, 0) is 0 Å². The first-order valence-corrected chi connectivity index (χ1v) is 8.02. The Balaban J connectivity index is 1.92. The van der Waals surface area contributed by atoms with E-state index in [1.165, 1.54) is 77.0 Å². The van der Waals surface area contributed by atoms with Crippen molar-refractivity contribution in [3.63, 3.8) is 0 Å². The minimum atomic E-state index is 1.02. The van der Waals surface area contributed by atoms with Gasteiger partial charge in [0.15, 0.2) is 0 Å². The van der Waals surface area contributed by atoms with Crippen molar-refractivity contribution in [3.05, 3.63) is 11.6 Å². The van der Waals surface area contributed by atoms with Crippen LogP contribution in [0.4, 0.5) is 0 Å². The predicted octanol–water partition coefficient (Wildman–Crippen LogP) is 5.87. The van der Waals surface area contributed by atoms with E-state index in [0.717, 1.165) is 11.8 Å². The minimum Gasteiger partial charge on any atom is -0.0856 e. The highest BCUT2D eigenvalue weighted by Crippen LogP contribution is 2.36. The van der Waals surface area contributed by atoms with E-state index in [1.807, 2.05) is 0 Å². The lowest BCUT2D eigenvalue weighted by Crippen LogP contribution is -2.17. The molecule has 2 aliphatic rings. The zero-order chi connectivity index (χ0) is 11.9. The molecule has 0 aromatic rings. The molecule has 0 nitrogen and oxygen atoms in total. The molecule has 0 bridgehead atoms. The Morgan fingerprint density at radius 2 is 1.35 bits per heavy atom. The first-order chi connectivity index (χ1) is 8.36. The van der Waals surface area contributed by atoms with Gasteiger partial charge in [0.25, 0.3) is 0 Å². The fourth-order valence-electron chi connectivity index (χ4n) is 3.86. The first-order valence-electron chi connectivity index (χ1n) is 8.02. The molecule has 0 aromatic carbocycles. The van der Waals surface area contributed by atoms with Crippen LogP contribution in [0.3, 0.4) is 0 Å². The molecule has 1 atom stereocenters. The molecule has 0 amide bonds. The molecular weight excluding hydrogens is 204 g/mol. The second kappa shape index (κ2) is 7.24. The average molecular weight is 234 g/mol. The van der Waals surface area contributed by atoms with Gasteiger partial charge in [-0.2, -0.15) is 0 Å². The zero-order valence-electron chi connectivity index (χ0n) is 11.7. The third-order valence-corrected chi connectivity index (χ3v) is 4.92. The zero-order valence-corrected chi connectivity index (χ0v) is 11.7. The summed E-state index contributed by atoms with van der Waals surface area (Å²) in [5.41, 5.74) is 1.68. The van der Waals surface area contributed by atoms with Gasteiger partial charge in [-0.05, 0) is 44.4 Å². The number of hydrogen-bond acceptors (Lipinski definition) is 0. The van der Waals surface area contributed by atoms with Crippen molar-refractivity contribution in [1.29, 1.82) is 0 Å². The lowest BCUT2D eigenvalue weighted by Gasteiger charge is -2.30. The van der Waals surface area contributed by atoms with Crippen molar-refractivity contribution in [1.82, 2.24) is 0 Å². The fourth-order valence-corrected chi connectivity index (χ4v) is 3.86. The maximum atomic E-state index is 2.51. The van der Waals surface area contributed by atoms with E-state index in [1.54, 1.807) is 5.57 Å². The molecule has 0 aliphatic heterocycles. The second-order valence-electron chi connectivity index (χ2n) is 6.40. The van der Waals surface area contributed by atoms with E-state index in [9.17, 15) is 0 Å². The Bertz CT molecular complexity index is 230. The van der Waals surface area contributed by atoms with Crippen LogP contribution in [0.25, 0.3) is 0 Å². The van der Waals surface area contributed by atoms with E-state index in [4.69, 9.17) is 0 Å². The Morgan fingerprint density at radius 1 is 0.765 bits per heavy atom. The Hall–Kier alpha value is -0.260. The van der Waals surface area contributed by atoms with Gasteiger partial charge in [-0.3, -0.25) is 0 Å². The van der Waals surface area contributed by atoms with Crippen molar-refractivity contribution >= 4 is 0 Å². The molecule has 0 spiro atoms. The fraction of sp³-hybridized carbons (Fsp3) is 0.882. The second-order valence-corrected chi connectivity index (χ2v) is 6.40. The van der Waals surface area contributed by atoms with Crippen LogP contribution in [0.15, 0.2) is 11.6 Å². The van der Waals surface area contributed by atoms with Gasteiger partial charge in [-0.25, -0.2) is 0 Å². The largest absolute Gasteiger partial charge is 0.0856 e. The molecule has 2 aliphatic carbocycles. The van der Waals surface area contributed by atoms with E-state index in [-0.39, 0.29) is 0 Å². The summed E-state index contributed by atoms with van der Waals surface area (Å²) in [7, 11) is 0. The van der Waals surface area contributed by atoms with E-state index >= 15 is 0 Å². The van der Waals surface area contributed by atoms with Crippen molar-refractivity contribution in [3.8, 4) is 0 Å². The molecule has 17 heavy (non-hydrogen) atoms. The molecule has 2 rings (SSSR count). The predicted molar refractivity (Wildman–Crippen MR) is 76.1 cm³/mol. The molecule has 0 saturated heterocycles. The smallest absolute Gasteiger partial charge is 0.0292 e. The minimum absolute atomic E-state index is 1.02. The van der Waals surface area contributed by atoms with Gasteiger partial charge in [0.1, 0.15) is 0 Å². The Morgan fingerprint density at radius 3 is 2.12 bits per heavy atom. The van der Waals surface area contributed by atoms with Crippen LogP contribution in [0.5, 0.6) is 0 Å². The molecule has 0 aromatic heterocycles. The van der Waals surface area contributed by atoms with Crippen LogP contribution in [0.2, 0.25) is 0 Å². The standard InChI is InChI=1S/C17H30/c1-15-10-6-5-9-13-17(14-15)16-11-7-3-2-4-8-12-16/h10,16-17H,2-9,11-14H2,1H3. The van der Waals surface area contributed by atoms with Crippen LogP contribution in [0.1, 0.15) is 84.0 Å². The number of rotatable bonds is 1. The van der Waals surface area contributed by atoms with E-state index in [2.05, 4.69) is 13.0 Å². The van der Waals surface area contributed by atoms with Crippen LogP contribution in [-0.4, -0.2) is 0 Å². The molecule has 0 heteroatoms. The summed E-state index contributed by atoms with van der Waals surface area (Å²) in [6.07, 6.45) is 20.2. The topological polar surface area (TPSA) is 0 Å². The van der Waals surface area contributed by atoms with Crippen LogP contribution in [0, 0.1) is 11.8 Å². The van der Waals surface area contributed by atoms with Gasteiger partial charge in [0.05, 0.1) is 0 Å². The molecule has 1 fully saturated rings. The molecular formula is C17H30. The summed E-state index contributed by atoms with van der Waals surface area (Å²) in [6.45, 7) is 2.36. The van der Waals surface area contributed by atoms with Crippen LogP contribution >= 0.6 is 0 Å². The molecule has 1 unspecified atom stereocenters. The highest BCUT2D eigenvalue weighted by atomic mass is 14.3. The SMILES string of the molecule is CC1=CCCCCC(C2CCCCCCC2)C1. The van der Waals surface area contributed by atoms with Gasteiger partial charge in [0.2, 0.25) is 0 Å². The number of hydrogen-bond donors (Lipinski definition) is 0. The van der Waals surface area contributed by atoms with Crippen molar-refractivity contribution < 1.29 is 0 Å². The summed E-state index contributed by atoms with van der Waals surface area (Å²) < 4.78 is 0. The monoisotopic (exact) mass is 234 g/mol. The van der Waals surface area contributed by atoms with Crippen molar-refractivity contribution in [2.75, 3.05) is 0 Å². The van der Waals surface area contributed by atoms with E-state index < -0.39 is 0 Å². The molecule has 1 saturated carbocycles. The number of allylic oxidation sites excluding steroid dienone is 2. The van der Waals surface area contributed by atoms with Gasteiger partial charge in [0, 0.05) is 0 Å².